The van der Waals surface area contributed by atoms with Crippen molar-refractivity contribution in [3.8, 4) is 0 Å². The van der Waals surface area contributed by atoms with Crippen LogP contribution in [0, 0.1) is 5.92 Å². The number of carbonyl (C=O) groups excluding carboxylic acids is 1. The Morgan fingerprint density at radius 1 is 1.27 bits per heavy atom. The van der Waals surface area contributed by atoms with Gasteiger partial charge in [0.1, 0.15) is 0 Å². The lowest BCUT2D eigenvalue weighted by Crippen LogP contribution is -2.41. The van der Waals surface area contributed by atoms with Crippen molar-refractivity contribution in [3.63, 3.8) is 0 Å². The Morgan fingerprint density at radius 2 is 1.95 bits per heavy atom. The van der Waals surface area contributed by atoms with Crippen LogP contribution < -0.4 is 0 Å². The second-order valence-corrected chi connectivity index (χ2v) is 6.37. The van der Waals surface area contributed by atoms with E-state index in [1.807, 2.05) is 17.9 Å². The first kappa shape index (κ1) is 17.0. The van der Waals surface area contributed by atoms with Crippen LogP contribution in [0.25, 0.3) is 0 Å². The van der Waals surface area contributed by atoms with Gasteiger partial charge in [-0.15, -0.1) is 0 Å². The first-order valence-corrected chi connectivity index (χ1v) is 8.62. The molecule has 1 saturated heterocycles. The summed E-state index contributed by atoms with van der Waals surface area (Å²) in [5.74, 6) is 0.757. The molecule has 1 aromatic carbocycles. The number of likely N-dealkylation sites (tertiary alicyclic amines) is 1. The third kappa shape index (κ3) is 5.45. The van der Waals surface area contributed by atoms with Gasteiger partial charge in [0.15, 0.2) is 0 Å². The van der Waals surface area contributed by atoms with Crippen LogP contribution in [-0.2, 0) is 16.0 Å². The Kier molecular flexibility index (Phi) is 6.91. The van der Waals surface area contributed by atoms with Crippen LogP contribution in [0.15, 0.2) is 30.3 Å². The van der Waals surface area contributed by atoms with Crippen molar-refractivity contribution in [2.45, 2.75) is 52.1 Å². The van der Waals surface area contributed by atoms with Crippen molar-refractivity contribution in [1.82, 2.24) is 4.90 Å². The highest BCUT2D eigenvalue weighted by molar-refractivity contribution is 5.76. The number of ether oxygens (including phenoxy) is 1. The zero-order chi connectivity index (χ0) is 15.8. The topological polar surface area (TPSA) is 29.5 Å². The van der Waals surface area contributed by atoms with Crippen LogP contribution in [-0.4, -0.2) is 36.6 Å². The molecule has 0 aromatic heterocycles. The molecule has 0 unspecified atom stereocenters. The number of piperidine rings is 1. The van der Waals surface area contributed by atoms with E-state index in [4.69, 9.17) is 4.74 Å². The molecule has 0 aliphatic carbocycles. The lowest BCUT2D eigenvalue weighted by Gasteiger charge is -2.32. The molecule has 3 heteroatoms. The van der Waals surface area contributed by atoms with Crippen molar-refractivity contribution in [2.24, 2.45) is 5.92 Å². The summed E-state index contributed by atoms with van der Waals surface area (Å²) in [6.07, 6.45) is 5.12. The molecule has 2 rings (SSSR count). The first-order chi connectivity index (χ1) is 10.7. The van der Waals surface area contributed by atoms with Crippen LogP contribution in [0.4, 0.5) is 0 Å². The predicted molar refractivity (Wildman–Crippen MR) is 89.8 cm³/mol. The van der Waals surface area contributed by atoms with Crippen LogP contribution in [0.2, 0.25) is 0 Å². The van der Waals surface area contributed by atoms with Gasteiger partial charge in [0.2, 0.25) is 5.91 Å². The molecule has 0 N–H and O–H groups in total. The number of hydrogen-bond acceptors (Lipinski definition) is 2. The Labute approximate surface area is 134 Å². The lowest BCUT2D eigenvalue weighted by molar-refractivity contribution is -0.134. The van der Waals surface area contributed by atoms with Crippen molar-refractivity contribution < 1.29 is 9.53 Å². The monoisotopic (exact) mass is 303 g/mol. The van der Waals surface area contributed by atoms with Gasteiger partial charge in [0, 0.05) is 26.1 Å². The molecule has 0 saturated carbocycles. The number of rotatable bonds is 7. The third-order valence-corrected chi connectivity index (χ3v) is 4.49. The lowest BCUT2D eigenvalue weighted by atomic mass is 9.97. The third-order valence-electron chi connectivity index (χ3n) is 4.49. The van der Waals surface area contributed by atoms with Crippen molar-refractivity contribution >= 4 is 5.91 Å². The van der Waals surface area contributed by atoms with E-state index in [0.29, 0.717) is 24.3 Å². The number of carbonyl (C=O) groups is 1. The molecular weight excluding hydrogens is 274 g/mol. The molecule has 1 aromatic rings. The van der Waals surface area contributed by atoms with Gasteiger partial charge >= 0.3 is 0 Å². The predicted octanol–water partition coefficient (Wildman–Crippen LogP) is 3.67. The summed E-state index contributed by atoms with van der Waals surface area (Å²) in [6.45, 7) is 6.71. The van der Waals surface area contributed by atoms with Gasteiger partial charge in [0.25, 0.3) is 0 Å². The molecule has 1 aliphatic heterocycles. The van der Waals surface area contributed by atoms with E-state index in [-0.39, 0.29) is 0 Å². The summed E-state index contributed by atoms with van der Waals surface area (Å²) in [4.78, 5) is 14.4. The normalized spacial score (nSPS) is 17.5. The highest BCUT2D eigenvalue weighted by Gasteiger charge is 2.23. The van der Waals surface area contributed by atoms with Crippen LogP contribution >= 0.6 is 0 Å². The molecule has 1 heterocycles. The van der Waals surface area contributed by atoms with E-state index in [2.05, 4.69) is 31.2 Å². The average molecular weight is 303 g/mol. The van der Waals surface area contributed by atoms with Gasteiger partial charge < -0.3 is 9.64 Å². The number of nitrogens with zero attached hydrogens (tertiary/aromatic N) is 1. The Balaban J connectivity index is 1.68. The summed E-state index contributed by atoms with van der Waals surface area (Å²) < 4.78 is 5.64. The van der Waals surface area contributed by atoms with E-state index in [9.17, 15) is 4.79 Å². The minimum Gasteiger partial charge on any atom is -0.378 e. The van der Waals surface area contributed by atoms with E-state index in [1.54, 1.807) is 0 Å². The second kappa shape index (κ2) is 8.94. The maximum Gasteiger partial charge on any atom is 0.222 e. The summed E-state index contributed by atoms with van der Waals surface area (Å²) in [5, 5.41) is 0. The molecule has 0 bridgehead atoms. The van der Waals surface area contributed by atoms with E-state index < -0.39 is 0 Å². The van der Waals surface area contributed by atoms with Crippen molar-refractivity contribution in [2.75, 3.05) is 19.7 Å². The van der Waals surface area contributed by atoms with E-state index >= 15 is 0 Å². The quantitative estimate of drug-likeness (QED) is 0.769. The SMILES string of the molecule is CCOC1CCN(C(=O)C[C@H](C)CCc2ccccc2)CC1. The summed E-state index contributed by atoms with van der Waals surface area (Å²) in [5.41, 5.74) is 1.36. The smallest absolute Gasteiger partial charge is 0.222 e. The van der Waals surface area contributed by atoms with Crippen LogP contribution in [0.3, 0.4) is 0 Å². The molecule has 122 valence electrons. The summed E-state index contributed by atoms with van der Waals surface area (Å²) in [7, 11) is 0. The van der Waals surface area contributed by atoms with Gasteiger partial charge in [-0.2, -0.15) is 0 Å². The first-order valence-electron chi connectivity index (χ1n) is 8.62. The minimum absolute atomic E-state index is 0.315. The Hall–Kier alpha value is -1.35. The Morgan fingerprint density at radius 3 is 2.59 bits per heavy atom. The number of hydrogen-bond donors (Lipinski definition) is 0. The van der Waals surface area contributed by atoms with E-state index in [1.165, 1.54) is 5.56 Å². The zero-order valence-corrected chi connectivity index (χ0v) is 14.0. The van der Waals surface area contributed by atoms with Gasteiger partial charge in [0.05, 0.1) is 6.10 Å². The van der Waals surface area contributed by atoms with Crippen molar-refractivity contribution in [1.29, 1.82) is 0 Å². The zero-order valence-electron chi connectivity index (χ0n) is 14.0. The van der Waals surface area contributed by atoms with E-state index in [0.717, 1.165) is 45.4 Å². The van der Waals surface area contributed by atoms with Gasteiger partial charge in [-0.05, 0) is 44.1 Å². The fourth-order valence-electron chi connectivity index (χ4n) is 3.09. The standard InChI is InChI=1S/C19H29NO2/c1-3-22-18-11-13-20(14-12-18)19(21)15-16(2)9-10-17-7-5-4-6-8-17/h4-8,16,18H,3,9-15H2,1-2H3/t16-/m1/s1. The maximum absolute atomic E-state index is 12.4. The number of benzene rings is 1. The molecule has 1 fully saturated rings. The van der Waals surface area contributed by atoms with Gasteiger partial charge in [-0.3, -0.25) is 4.79 Å². The molecule has 0 spiro atoms. The minimum atomic E-state index is 0.315. The number of amides is 1. The van der Waals surface area contributed by atoms with Gasteiger partial charge in [-0.1, -0.05) is 37.3 Å². The molecular formula is C19H29NO2. The fourth-order valence-corrected chi connectivity index (χ4v) is 3.09. The molecule has 1 atom stereocenters. The average Bonchev–Trinajstić information content (AvgIpc) is 2.55. The highest BCUT2D eigenvalue weighted by Crippen LogP contribution is 2.18. The summed E-state index contributed by atoms with van der Waals surface area (Å²) in [6, 6.07) is 10.5. The molecule has 0 radical (unpaired) electrons. The highest BCUT2D eigenvalue weighted by atomic mass is 16.5. The Bertz CT molecular complexity index is 438. The summed E-state index contributed by atoms with van der Waals surface area (Å²) >= 11 is 0. The molecule has 1 amide bonds. The molecule has 22 heavy (non-hydrogen) atoms. The van der Waals surface area contributed by atoms with Crippen LogP contribution in [0.5, 0.6) is 0 Å². The van der Waals surface area contributed by atoms with Gasteiger partial charge in [-0.25, -0.2) is 0 Å². The molecule has 3 nitrogen and oxygen atoms in total. The largest absolute Gasteiger partial charge is 0.378 e. The maximum atomic E-state index is 12.4. The molecule has 1 aliphatic rings. The number of aryl methyl sites for hydroxylation is 1. The second-order valence-electron chi connectivity index (χ2n) is 6.37. The van der Waals surface area contributed by atoms with Crippen molar-refractivity contribution in [3.05, 3.63) is 35.9 Å². The fraction of sp³-hybridized carbons (Fsp3) is 0.632. The van der Waals surface area contributed by atoms with Crippen LogP contribution in [0.1, 0.15) is 45.1 Å².